The van der Waals surface area contributed by atoms with Gasteiger partial charge in [0, 0.05) is 31.2 Å². The van der Waals surface area contributed by atoms with E-state index in [1.54, 1.807) is 30.3 Å². The zero-order valence-corrected chi connectivity index (χ0v) is 16.7. The number of hydrogen-bond donors (Lipinski definition) is 1. The third kappa shape index (κ3) is 4.82. The first-order valence-electron chi connectivity index (χ1n) is 10.1. The van der Waals surface area contributed by atoms with Crippen molar-refractivity contribution < 1.29 is 27.4 Å². The van der Waals surface area contributed by atoms with Crippen molar-refractivity contribution in [3.05, 3.63) is 54.1 Å². The zero-order chi connectivity index (χ0) is 21.3. The van der Waals surface area contributed by atoms with Gasteiger partial charge in [-0.05, 0) is 50.1 Å². The number of alkyl halides is 3. The number of piperidine rings is 1. The Morgan fingerprint density at radius 1 is 1.17 bits per heavy atom. The molecule has 162 valence electrons. The van der Waals surface area contributed by atoms with Gasteiger partial charge in [0.1, 0.15) is 36.0 Å². The van der Waals surface area contributed by atoms with Crippen molar-refractivity contribution in [3.63, 3.8) is 0 Å². The van der Waals surface area contributed by atoms with Crippen LogP contribution in [-0.4, -0.2) is 46.5 Å². The molecule has 1 aliphatic heterocycles. The summed E-state index contributed by atoms with van der Waals surface area (Å²) in [6.45, 7) is 2.86. The summed E-state index contributed by atoms with van der Waals surface area (Å²) >= 11 is 0. The monoisotopic (exact) mass is 422 g/mol. The summed E-state index contributed by atoms with van der Waals surface area (Å²) < 4.78 is 51.2. The number of likely N-dealkylation sites (tertiary alicyclic amines) is 1. The number of aryl methyl sites for hydroxylation is 1. The van der Waals surface area contributed by atoms with Gasteiger partial charge in [-0.15, -0.1) is 0 Å². The Balaban J connectivity index is 1.35. The Kier molecular flexibility index (Phi) is 5.79. The van der Waals surface area contributed by atoms with E-state index >= 15 is 0 Å². The fourth-order valence-corrected chi connectivity index (χ4v) is 3.99. The molecule has 1 N–H and O–H groups in total. The quantitative estimate of drug-likeness (QED) is 0.627. The Hall–Kier alpha value is -2.45. The van der Waals surface area contributed by atoms with Gasteiger partial charge >= 0.3 is 6.18 Å². The number of β-amino-alcohol motifs (C(OH)–C–C–N with tert-alkyl or cyclic N) is 1. The van der Waals surface area contributed by atoms with Gasteiger partial charge in [0.15, 0.2) is 0 Å². The normalized spacial score (nSPS) is 17.5. The molecule has 1 unspecified atom stereocenters. The highest BCUT2D eigenvalue weighted by atomic mass is 19.4. The number of fused-ring (bicyclic) bond motifs is 1. The van der Waals surface area contributed by atoms with E-state index in [0.717, 1.165) is 31.7 Å². The van der Waals surface area contributed by atoms with Crippen LogP contribution in [0.5, 0.6) is 5.75 Å². The predicted molar refractivity (Wildman–Crippen MR) is 106 cm³/mol. The lowest BCUT2D eigenvalue weighted by molar-refractivity contribution is -0.139. The molecular formula is C22H25F3N2O3. The van der Waals surface area contributed by atoms with Crippen molar-refractivity contribution in [2.45, 2.75) is 44.7 Å². The van der Waals surface area contributed by atoms with Gasteiger partial charge in [-0.1, -0.05) is 6.07 Å². The molecule has 0 radical (unpaired) electrons. The number of aliphatic hydroxyl groups is 1. The van der Waals surface area contributed by atoms with Crippen LogP contribution in [0.1, 0.15) is 30.5 Å². The lowest BCUT2D eigenvalue weighted by atomic mass is 10.1. The third-order valence-corrected chi connectivity index (χ3v) is 5.47. The highest BCUT2D eigenvalue weighted by molar-refractivity contribution is 5.86. The van der Waals surface area contributed by atoms with Crippen LogP contribution >= 0.6 is 0 Å². The number of aliphatic hydroxyl groups excluding tert-OH is 1. The number of ether oxygens (including phenoxy) is 1. The summed E-state index contributed by atoms with van der Waals surface area (Å²) in [5, 5.41) is 11.0. The van der Waals surface area contributed by atoms with E-state index in [2.05, 4.69) is 4.90 Å². The molecule has 0 spiro atoms. The fourth-order valence-electron chi connectivity index (χ4n) is 3.99. The van der Waals surface area contributed by atoms with Gasteiger partial charge in [0.2, 0.25) is 0 Å². The summed E-state index contributed by atoms with van der Waals surface area (Å²) in [5.41, 5.74) is 0.513. The van der Waals surface area contributed by atoms with Crippen molar-refractivity contribution in [2.24, 2.45) is 0 Å². The largest absolute Gasteiger partial charge is 0.490 e. The summed E-state index contributed by atoms with van der Waals surface area (Å²) in [4.78, 5) is 2.17. The second-order valence-electron chi connectivity index (χ2n) is 7.83. The molecule has 3 heterocycles. The number of benzene rings is 1. The number of rotatable bonds is 6. The molecule has 0 amide bonds. The second-order valence-corrected chi connectivity index (χ2v) is 7.83. The fraction of sp³-hybridized carbons (Fsp3) is 0.455. The Bertz CT molecular complexity index is 987. The number of aromatic nitrogens is 1. The molecule has 1 aromatic carbocycles. The van der Waals surface area contributed by atoms with Gasteiger partial charge in [-0.2, -0.15) is 13.2 Å². The predicted octanol–water partition coefficient (Wildman–Crippen LogP) is 4.68. The Morgan fingerprint density at radius 3 is 2.60 bits per heavy atom. The van der Waals surface area contributed by atoms with E-state index in [9.17, 15) is 18.3 Å². The second kappa shape index (κ2) is 8.35. The summed E-state index contributed by atoms with van der Waals surface area (Å²) in [6.07, 6.45) is -1.94. The highest BCUT2D eigenvalue weighted by Gasteiger charge is 2.29. The van der Waals surface area contributed by atoms with Gasteiger partial charge in [-0.25, -0.2) is 0 Å². The Labute approximate surface area is 172 Å². The molecule has 1 aliphatic rings. The van der Waals surface area contributed by atoms with Crippen LogP contribution in [0.15, 0.2) is 47.0 Å². The van der Waals surface area contributed by atoms with Crippen LogP contribution in [0, 0.1) is 6.92 Å². The molecule has 30 heavy (non-hydrogen) atoms. The SMILES string of the molecule is Cc1ccc(C(O)CN2CCC(Oc3cccc4c3ccn4CC(F)(F)F)CC2)o1. The number of nitrogens with zero attached hydrogens (tertiary/aromatic N) is 2. The van der Waals surface area contributed by atoms with Crippen LogP contribution < -0.4 is 4.74 Å². The van der Waals surface area contributed by atoms with Crippen molar-refractivity contribution in [2.75, 3.05) is 19.6 Å². The molecule has 4 rings (SSSR count). The number of halogens is 3. The number of furan rings is 1. The van der Waals surface area contributed by atoms with Gasteiger partial charge < -0.3 is 23.7 Å². The van der Waals surface area contributed by atoms with E-state index in [-0.39, 0.29) is 6.10 Å². The third-order valence-electron chi connectivity index (χ3n) is 5.47. The van der Waals surface area contributed by atoms with Gasteiger partial charge in [0.25, 0.3) is 0 Å². The average molecular weight is 422 g/mol. The maximum absolute atomic E-state index is 12.8. The molecule has 1 atom stereocenters. The summed E-state index contributed by atoms with van der Waals surface area (Å²) in [6, 6.07) is 10.5. The molecular weight excluding hydrogens is 397 g/mol. The first kappa shape index (κ1) is 20.8. The minimum Gasteiger partial charge on any atom is -0.490 e. The maximum atomic E-state index is 12.8. The maximum Gasteiger partial charge on any atom is 0.406 e. The van der Waals surface area contributed by atoms with Crippen molar-refractivity contribution >= 4 is 10.9 Å². The van der Waals surface area contributed by atoms with Crippen LogP contribution in [0.4, 0.5) is 13.2 Å². The van der Waals surface area contributed by atoms with Crippen LogP contribution in [0.25, 0.3) is 10.9 Å². The minimum absolute atomic E-state index is 0.0131. The molecule has 0 aliphatic carbocycles. The molecule has 1 fully saturated rings. The van der Waals surface area contributed by atoms with Crippen molar-refractivity contribution in [3.8, 4) is 5.75 Å². The van der Waals surface area contributed by atoms with E-state index in [1.807, 2.05) is 13.0 Å². The van der Waals surface area contributed by atoms with Crippen LogP contribution in [-0.2, 0) is 6.54 Å². The smallest absolute Gasteiger partial charge is 0.406 e. The molecule has 3 aromatic rings. The molecule has 8 heteroatoms. The highest BCUT2D eigenvalue weighted by Crippen LogP contribution is 2.31. The standard InChI is InChI=1S/C22H25F3N2O3/c1-15-5-6-21(29-15)19(28)13-26-10-7-16(8-11-26)30-20-4-2-3-18-17(20)9-12-27(18)14-22(23,24)25/h2-6,9,12,16,19,28H,7-8,10-11,13-14H2,1H3. The lowest BCUT2D eigenvalue weighted by Gasteiger charge is -2.33. The topological polar surface area (TPSA) is 50.8 Å². The first-order chi connectivity index (χ1) is 14.3. The van der Waals surface area contributed by atoms with E-state index in [4.69, 9.17) is 9.15 Å². The van der Waals surface area contributed by atoms with E-state index in [1.165, 1.54) is 10.8 Å². The van der Waals surface area contributed by atoms with Gasteiger partial charge in [0.05, 0.1) is 5.52 Å². The zero-order valence-electron chi connectivity index (χ0n) is 16.7. The average Bonchev–Trinajstić information content (AvgIpc) is 3.29. The molecule has 0 bridgehead atoms. The molecule has 0 saturated carbocycles. The van der Waals surface area contributed by atoms with E-state index in [0.29, 0.717) is 29.0 Å². The van der Waals surface area contributed by atoms with E-state index < -0.39 is 18.8 Å². The molecule has 5 nitrogen and oxygen atoms in total. The first-order valence-corrected chi connectivity index (χ1v) is 10.1. The summed E-state index contributed by atoms with van der Waals surface area (Å²) in [7, 11) is 0. The Morgan fingerprint density at radius 2 is 1.93 bits per heavy atom. The number of hydrogen-bond acceptors (Lipinski definition) is 4. The molecule has 2 aromatic heterocycles. The minimum atomic E-state index is -4.27. The van der Waals surface area contributed by atoms with Crippen molar-refractivity contribution in [1.82, 2.24) is 9.47 Å². The van der Waals surface area contributed by atoms with Crippen LogP contribution in [0.2, 0.25) is 0 Å². The lowest BCUT2D eigenvalue weighted by Crippen LogP contribution is -2.40. The van der Waals surface area contributed by atoms with Crippen LogP contribution in [0.3, 0.4) is 0 Å². The van der Waals surface area contributed by atoms with Gasteiger partial charge in [-0.3, -0.25) is 0 Å². The van der Waals surface area contributed by atoms with Crippen molar-refractivity contribution in [1.29, 1.82) is 0 Å². The molecule has 1 saturated heterocycles. The summed E-state index contributed by atoms with van der Waals surface area (Å²) in [5.74, 6) is 1.95.